The Hall–Kier alpha value is -3.95. The third-order valence-electron chi connectivity index (χ3n) is 9.69. The number of hydrogen-bond acceptors (Lipinski definition) is 7. The zero-order chi connectivity index (χ0) is 36.1. The number of benzene rings is 2. The van der Waals surface area contributed by atoms with Gasteiger partial charge in [-0.15, -0.1) is 23.2 Å². The van der Waals surface area contributed by atoms with Gasteiger partial charge in [0.2, 0.25) is 17.6 Å². The second-order valence-electron chi connectivity index (χ2n) is 12.1. The van der Waals surface area contributed by atoms with Gasteiger partial charge in [-0.05, 0) is 42.9 Å². The summed E-state index contributed by atoms with van der Waals surface area (Å²) in [5.74, 6) is -24.3. The van der Waals surface area contributed by atoms with Crippen molar-refractivity contribution in [3.8, 4) is 11.5 Å². The molecule has 3 fully saturated rings. The fourth-order valence-electron chi connectivity index (χ4n) is 7.53. The summed E-state index contributed by atoms with van der Waals surface area (Å²) in [7, 11) is 1.16. The van der Waals surface area contributed by atoms with Crippen molar-refractivity contribution in [3.05, 3.63) is 63.5 Å². The van der Waals surface area contributed by atoms with Gasteiger partial charge in [-0.3, -0.25) is 28.9 Å². The van der Waals surface area contributed by atoms with E-state index in [-0.39, 0.29) is 52.6 Å². The number of ether oxygens (including phenoxy) is 1. The molecule has 0 radical (unpaired) electrons. The number of rotatable bonds is 7. The second kappa shape index (κ2) is 11.8. The van der Waals surface area contributed by atoms with Crippen LogP contribution in [0.4, 0.5) is 27.6 Å². The number of likely N-dealkylation sites (tertiary alicyclic amines) is 1. The van der Waals surface area contributed by atoms with E-state index in [9.17, 15) is 42.3 Å². The van der Waals surface area contributed by atoms with Gasteiger partial charge in [-0.1, -0.05) is 23.3 Å². The van der Waals surface area contributed by atoms with Crippen LogP contribution in [0.15, 0.2) is 23.8 Å². The summed E-state index contributed by atoms with van der Waals surface area (Å²) in [5, 5.41) is 19.1. The van der Waals surface area contributed by atoms with Crippen LogP contribution in [0.2, 0.25) is 5.02 Å². The number of nitrogens with zero attached hydrogens (tertiary/aromatic N) is 2. The highest BCUT2D eigenvalue weighted by Crippen LogP contribution is 2.66. The molecule has 0 unspecified atom stereocenters. The van der Waals surface area contributed by atoms with E-state index in [1.165, 1.54) is 12.1 Å². The number of carbonyl (C=O) groups excluding carboxylic acids is 4. The molecule has 2 N–H and O–H groups in total. The Morgan fingerprint density at radius 2 is 1.57 bits per heavy atom. The van der Waals surface area contributed by atoms with Crippen molar-refractivity contribution in [1.29, 1.82) is 0 Å². The van der Waals surface area contributed by atoms with E-state index >= 15 is 8.78 Å². The van der Waals surface area contributed by atoms with E-state index in [1.54, 1.807) is 0 Å². The van der Waals surface area contributed by atoms with Crippen LogP contribution in [0.1, 0.15) is 37.2 Å². The molecule has 0 aromatic heterocycles. The number of aromatic hydroxyl groups is 1. The van der Waals surface area contributed by atoms with Gasteiger partial charge in [0.15, 0.2) is 44.5 Å². The van der Waals surface area contributed by atoms with Crippen LogP contribution in [-0.2, 0) is 24.0 Å². The Morgan fingerprint density at radius 3 is 2.16 bits per heavy atom. The molecule has 2 saturated heterocycles. The van der Waals surface area contributed by atoms with Gasteiger partial charge in [0.05, 0.1) is 24.0 Å². The molecule has 6 rings (SSSR count). The number of carboxylic acid groups (broad SMARTS) is 1. The number of imide groups is 2. The maximum Gasteiger partial charge on any atom is 0.303 e. The highest BCUT2D eigenvalue weighted by molar-refractivity contribution is 6.58. The van der Waals surface area contributed by atoms with Crippen molar-refractivity contribution in [3.63, 3.8) is 0 Å². The van der Waals surface area contributed by atoms with Crippen molar-refractivity contribution in [2.75, 3.05) is 18.6 Å². The van der Waals surface area contributed by atoms with Gasteiger partial charge >= 0.3 is 5.97 Å². The maximum atomic E-state index is 15.2. The van der Waals surface area contributed by atoms with E-state index < -0.39 is 110 Å². The van der Waals surface area contributed by atoms with Crippen molar-refractivity contribution >= 4 is 70.1 Å². The predicted molar refractivity (Wildman–Crippen MR) is 160 cm³/mol. The Morgan fingerprint density at radius 1 is 0.959 bits per heavy atom. The van der Waals surface area contributed by atoms with Crippen molar-refractivity contribution < 1.29 is 60.9 Å². The van der Waals surface area contributed by atoms with Gasteiger partial charge in [0.25, 0.3) is 11.8 Å². The van der Waals surface area contributed by atoms with Crippen LogP contribution >= 0.6 is 34.8 Å². The number of hydrogen-bond donors (Lipinski definition) is 2. The van der Waals surface area contributed by atoms with Crippen LogP contribution in [0, 0.1) is 46.8 Å². The molecule has 0 spiro atoms. The van der Waals surface area contributed by atoms with Gasteiger partial charge < -0.3 is 14.9 Å². The van der Waals surface area contributed by atoms with E-state index in [1.807, 2.05) is 0 Å². The van der Waals surface area contributed by atoms with Gasteiger partial charge in [-0.25, -0.2) is 26.9 Å². The SMILES string of the molecule is COc1cc([C@H]2C3=CC[C@@H]4C(=O)N(CCCC(=O)O)C(=O)[C@@H]4[C@@H]3C[C@@]3(Cl)C(=O)N(c4c(F)c(F)c(F)c(F)c4F)C(=O)[C@@]23Cl)cc(Cl)c1O. The lowest BCUT2D eigenvalue weighted by Gasteiger charge is -2.50. The summed E-state index contributed by atoms with van der Waals surface area (Å²) in [5.41, 5.74) is -1.83. The minimum absolute atomic E-state index is 0.0652. The Balaban J connectivity index is 1.56. The Labute approximate surface area is 287 Å². The first-order chi connectivity index (χ1) is 22.9. The molecular weight excluding hydrogens is 730 g/mol. The summed E-state index contributed by atoms with van der Waals surface area (Å²) in [6.45, 7) is -0.246. The summed E-state index contributed by atoms with van der Waals surface area (Å²) in [6.07, 6.45) is 0.230. The van der Waals surface area contributed by atoms with Crippen LogP contribution in [0.5, 0.6) is 11.5 Å². The minimum atomic E-state index is -2.79. The molecule has 10 nitrogen and oxygen atoms in total. The Kier molecular flexibility index (Phi) is 8.43. The normalized spacial score (nSPS) is 29.2. The van der Waals surface area contributed by atoms with E-state index in [2.05, 4.69) is 0 Å². The quantitative estimate of drug-likeness (QED) is 0.0986. The Bertz CT molecular complexity index is 1900. The van der Waals surface area contributed by atoms with Gasteiger partial charge in [0, 0.05) is 18.9 Å². The number of amides is 4. The number of allylic oxidation sites excluding steroid dienone is 2. The molecule has 0 bridgehead atoms. The lowest BCUT2D eigenvalue weighted by molar-refractivity contribution is -0.142. The number of phenolic OH excluding ortho intramolecular Hbond substituents is 1. The average Bonchev–Trinajstić information content (AvgIpc) is 3.38. The third-order valence-corrected chi connectivity index (χ3v) is 11.4. The molecule has 2 heterocycles. The highest BCUT2D eigenvalue weighted by Gasteiger charge is 2.77. The number of aliphatic carboxylic acids is 1. The molecule has 18 heteroatoms. The molecule has 49 heavy (non-hydrogen) atoms. The standard InChI is InChI=1S/C31H22Cl3F5N2O8/c1-49-15-8-10(7-14(32)25(15)44)18-11-4-5-12-17(27(46)40(26(12)45)6-2-3-16(42)43)13(11)9-30(33)28(47)41(29(48)31(18,30)34)24-22(38)20(36)19(35)21(37)23(24)39/h4,7-8,12-13,17-18,44H,2-3,5-6,9H2,1H3,(H,42,43)/t12-,13+,17-,18-,30+,31-/m0/s1. The number of halogens is 8. The number of anilines is 1. The second-order valence-corrected chi connectivity index (χ2v) is 13.7. The zero-order valence-electron chi connectivity index (χ0n) is 24.8. The number of alkyl halides is 2. The molecule has 2 aliphatic heterocycles. The van der Waals surface area contributed by atoms with E-state index in [0.29, 0.717) is 0 Å². The molecule has 2 aliphatic carbocycles. The first kappa shape index (κ1) is 34.9. The molecule has 2 aromatic rings. The fraction of sp³-hybridized carbons (Fsp3) is 0.387. The average molecular weight is 752 g/mol. The molecular formula is C31H22Cl3F5N2O8. The number of carboxylic acids is 1. The molecule has 4 amide bonds. The number of fused-ring (bicyclic) bond motifs is 4. The third kappa shape index (κ3) is 4.68. The molecule has 4 aliphatic rings. The van der Waals surface area contributed by atoms with Crippen LogP contribution in [0.25, 0.3) is 0 Å². The molecule has 6 atom stereocenters. The summed E-state index contributed by atoms with van der Waals surface area (Å²) in [6, 6.07) is 2.29. The van der Waals surface area contributed by atoms with E-state index in [4.69, 9.17) is 44.6 Å². The maximum absolute atomic E-state index is 15.2. The van der Waals surface area contributed by atoms with Crippen molar-refractivity contribution in [1.82, 2.24) is 4.90 Å². The zero-order valence-corrected chi connectivity index (χ0v) is 27.1. The fourth-order valence-corrected chi connectivity index (χ4v) is 8.68. The van der Waals surface area contributed by atoms with E-state index in [0.717, 1.165) is 18.1 Å². The van der Waals surface area contributed by atoms with Crippen LogP contribution in [0.3, 0.4) is 0 Å². The summed E-state index contributed by atoms with van der Waals surface area (Å²) >= 11 is 20.4. The predicted octanol–water partition coefficient (Wildman–Crippen LogP) is 5.18. The van der Waals surface area contributed by atoms with Crippen molar-refractivity contribution in [2.45, 2.75) is 41.3 Å². The topological polar surface area (TPSA) is 142 Å². The highest BCUT2D eigenvalue weighted by atomic mass is 35.5. The largest absolute Gasteiger partial charge is 0.503 e. The van der Waals surface area contributed by atoms with Crippen LogP contribution in [-0.4, -0.2) is 68.1 Å². The number of carbonyl (C=O) groups is 5. The molecule has 1 saturated carbocycles. The minimum Gasteiger partial charge on any atom is -0.503 e. The summed E-state index contributed by atoms with van der Waals surface area (Å²) in [4.78, 5) is 61.8. The monoisotopic (exact) mass is 750 g/mol. The molecule has 2 aromatic carbocycles. The number of methoxy groups -OCH3 is 1. The van der Waals surface area contributed by atoms with Gasteiger partial charge in [-0.2, -0.15) is 0 Å². The lowest BCUT2D eigenvalue weighted by Crippen LogP contribution is -2.60. The first-order valence-corrected chi connectivity index (χ1v) is 15.7. The smallest absolute Gasteiger partial charge is 0.303 e. The van der Waals surface area contributed by atoms with Crippen molar-refractivity contribution in [2.24, 2.45) is 17.8 Å². The lowest BCUT2D eigenvalue weighted by atomic mass is 9.56. The van der Waals surface area contributed by atoms with Crippen LogP contribution < -0.4 is 9.64 Å². The summed E-state index contributed by atoms with van der Waals surface area (Å²) < 4.78 is 78.2. The van der Waals surface area contributed by atoms with Gasteiger partial charge in [0.1, 0.15) is 5.69 Å². The first-order valence-electron chi connectivity index (χ1n) is 14.6. The number of phenols is 1. The molecule has 260 valence electrons.